The quantitative estimate of drug-likeness (QED) is 0.784. The van der Waals surface area contributed by atoms with Crippen LogP contribution in [0, 0.1) is 12.8 Å². The molecule has 3 heteroatoms. The van der Waals surface area contributed by atoms with Gasteiger partial charge in [0.1, 0.15) is 5.78 Å². The minimum atomic E-state index is 0.309. The van der Waals surface area contributed by atoms with Crippen molar-refractivity contribution in [1.29, 1.82) is 0 Å². The monoisotopic (exact) mass is 220 g/mol. The average molecular weight is 220 g/mol. The van der Waals surface area contributed by atoms with Gasteiger partial charge in [-0.25, -0.2) is 0 Å². The van der Waals surface area contributed by atoms with Crippen LogP contribution in [0.2, 0.25) is 0 Å². The van der Waals surface area contributed by atoms with E-state index >= 15 is 0 Å². The second-order valence-corrected chi connectivity index (χ2v) is 4.88. The van der Waals surface area contributed by atoms with Crippen LogP contribution < -0.4 is 0 Å². The Balaban J connectivity index is 1.98. The molecule has 16 heavy (non-hydrogen) atoms. The number of hydrogen-bond donors (Lipinski definition) is 0. The number of aromatic nitrogens is 2. The summed E-state index contributed by atoms with van der Waals surface area (Å²) in [4.78, 5) is 12.1. The summed E-state index contributed by atoms with van der Waals surface area (Å²) >= 11 is 0. The SMILES string of the molecule is Cc1cc(CC(=O)C2CCCCC2)n(C)n1. The Morgan fingerprint density at radius 2 is 2.12 bits per heavy atom. The van der Waals surface area contributed by atoms with Gasteiger partial charge in [0, 0.05) is 25.1 Å². The molecule has 1 fully saturated rings. The minimum Gasteiger partial charge on any atom is -0.299 e. The summed E-state index contributed by atoms with van der Waals surface area (Å²) in [5, 5.41) is 4.27. The van der Waals surface area contributed by atoms with Crippen molar-refractivity contribution in [1.82, 2.24) is 9.78 Å². The smallest absolute Gasteiger partial charge is 0.141 e. The molecule has 0 radical (unpaired) electrons. The summed E-state index contributed by atoms with van der Waals surface area (Å²) < 4.78 is 1.83. The molecule has 0 unspecified atom stereocenters. The molecule has 1 saturated carbocycles. The van der Waals surface area contributed by atoms with Crippen LogP contribution in [-0.2, 0) is 18.3 Å². The zero-order chi connectivity index (χ0) is 11.5. The van der Waals surface area contributed by atoms with Gasteiger partial charge in [-0.3, -0.25) is 9.48 Å². The molecule has 88 valence electrons. The van der Waals surface area contributed by atoms with E-state index in [-0.39, 0.29) is 0 Å². The molecule has 1 aromatic rings. The number of Topliss-reactive ketones (excluding diaryl/α,β-unsaturated/α-hetero) is 1. The molecule has 1 heterocycles. The Hall–Kier alpha value is -1.12. The van der Waals surface area contributed by atoms with E-state index in [0.29, 0.717) is 18.1 Å². The highest BCUT2D eigenvalue weighted by Gasteiger charge is 2.21. The maximum absolute atomic E-state index is 12.1. The minimum absolute atomic E-state index is 0.309. The maximum atomic E-state index is 12.1. The standard InChI is InChI=1S/C13H20N2O/c1-10-8-12(15(2)14-10)9-13(16)11-6-4-3-5-7-11/h8,11H,3-7,9H2,1-2H3. The summed E-state index contributed by atoms with van der Waals surface area (Å²) in [6.45, 7) is 1.97. The third-order valence-electron chi connectivity index (χ3n) is 3.51. The van der Waals surface area contributed by atoms with Crippen LogP contribution in [0.25, 0.3) is 0 Å². The summed E-state index contributed by atoms with van der Waals surface area (Å²) in [6, 6.07) is 2.01. The molecular formula is C13H20N2O. The van der Waals surface area contributed by atoms with Crippen molar-refractivity contribution in [2.75, 3.05) is 0 Å². The van der Waals surface area contributed by atoms with Crippen molar-refractivity contribution < 1.29 is 4.79 Å². The van der Waals surface area contributed by atoms with Crippen LogP contribution in [0.4, 0.5) is 0 Å². The van der Waals surface area contributed by atoms with Crippen LogP contribution in [0.1, 0.15) is 43.5 Å². The Morgan fingerprint density at radius 3 is 2.69 bits per heavy atom. The first-order valence-electron chi connectivity index (χ1n) is 6.19. The number of aryl methyl sites for hydroxylation is 2. The van der Waals surface area contributed by atoms with Crippen LogP contribution in [0.3, 0.4) is 0 Å². The fourth-order valence-electron chi connectivity index (χ4n) is 2.58. The van der Waals surface area contributed by atoms with Crippen molar-refractivity contribution in [2.45, 2.75) is 45.4 Å². The lowest BCUT2D eigenvalue weighted by atomic mass is 9.85. The second-order valence-electron chi connectivity index (χ2n) is 4.88. The van der Waals surface area contributed by atoms with Crippen molar-refractivity contribution in [2.24, 2.45) is 13.0 Å². The molecule has 1 aromatic heterocycles. The fourth-order valence-corrected chi connectivity index (χ4v) is 2.58. The topological polar surface area (TPSA) is 34.9 Å². The van der Waals surface area contributed by atoms with Crippen molar-refractivity contribution in [3.05, 3.63) is 17.5 Å². The first kappa shape index (κ1) is 11.4. The normalized spacial score (nSPS) is 17.6. The predicted octanol–water partition coefficient (Wildman–Crippen LogP) is 2.42. The lowest BCUT2D eigenvalue weighted by Crippen LogP contribution is -2.20. The van der Waals surface area contributed by atoms with Gasteiger partial charge >= 0.3 is 0 Å². The molecular weight excluding hydrogens is 200 g/mol. The molecule has 3 nitrogen and oxygen atoms in total. The summed E-state index contributed by atoms with van der Waals surface area (Å²) in [6.07, 6.45) is 6.49. The van der Waals surface area contributed by atoms with Crippen LogP contribution >= 0.6 is 0 Å². The largest absolute Gasteiger partial charge is 0.299 e. The van der Waals surface area contributed by atoms with E-state index < -0.39 is 0 Å². The van der Waals surface area contributed by atoms with Gasteiger partial charge in [-0.2, -0.15) is 5.10 Å². The Bertz CT molecular complexity index is 375. The van der Waals surface area contributed by atoms with Gasteiger partial charge in [-0.1, -0.05) is 19.3 Å². The molecule has 0 aliphatic heterocycles. The van der Waals surface area contributed by atoms with Gasteiger partial charge in [0.15, 0.2) is 0 Å². The highest BCUT2D eigenvalue weighted by Crippen LogP contribution is 2.25. The maximum Gasteiger partial charge on any atom is 0.141 e. The van der Waals surface area contributed by atoms with E-state index in [1.807, 2.05) is 24.7 Å². The molecule has 0 atom stereocenters. The molecule has 1 aliphatic rings. The first-order valence-corrected chi connectivity index (χ1v) is 6.19. The Labute approximate surface area is 96.8 Å². The van der Waals surface area contributed by atoms with Crippen LogP contribution in [0.5, 0.6) is 0 Å². The Kier molecular flexibility index (Phi) is 3.42. The first-order chi connectivity index (χ1) is 7.66. The lowest BCUT2D eigenvalue weighted by Gasteiger charge is -2.20. The van der Waals surface area contributed by atoms with E-state index in [9.17, 15) is 4.79 Å². The van der Waals surface area contributed by atoms with Crippen molar-refractivity contribution >= 4 is 5.78 Å². The average Bonchev–Trinajstić information content (AvgIpc) is 2.59. The molecule has 1 aliphatic carbocycles. The van der Waals surface area contributed by atoms with E-state index in [0.717, 1.165) is 24.2 Å². The number of ketones is 1. The third kappa shape index (κ3) is 2.52. The number of carbonyl (C=O) groups is 1. The van der Waals surface area contributed by atoms with Gasteiger partial charge < -0.3 is 0 Å². The zero-order valence-electron chi connectivity index (χ0n) is 10.2. The molecule has 2 rings (SSSR count). The zero-order valence-corrected chi connectivity index (χ0v) is 10.2. The van der Waals surface area contributed by atoms with Gasteiger partial charge in [-0.05, 0) is 25.8 Å². The molecule has 0 amide bonds. The van der Waals surface area contributed by atoms with Crippen LogP contribution in [0.15, 0.2) is 6.07 Å². The van der Waals surface area contributed by atoms with Gasteiger partial charge in [0.05, 0.1) is 5.69 Å². The van der Waals surface area contributed by atoms with E-state index in [4.69, 9.17) is 0 Å². The number of rotatable bonds is 3. The molecule has 0 bridgehead atoms. The number of hydrogen-bond acceptors (Lipinski definition) is 2. The van der Waals surface area contributed by atoms with E-state index in [1.165, 1.54) is 19.3 Å². The third-order valence-corrected chi connectivity index (χ3v) is 3.51. The summed E-state index contributed by atoms with van der Waals surface area (Å²) in [7, 11) is 1.91. The van der Waals surface area contributed by atoms with E-state index in [1.54, 1.807) is 0 Å². The lowest BCUT2D eigenvalue weighted by molar-refractivity contribution is -0.123. The van der Waals surface area contributed by atoms with Crippen LogP contribution in [-0.4, -0.2) is 15.6 Å². The highest BCUT2D eigenvalue weighted by atomic mass is 16.1. The number of carbonyl (C=O) groups excluding carboxylic acids is 1. The van der Waals surface area contributed by atoms with Crippen molar-refractivity contribution in [3.8, 4) is 0 Å². The van der Waals surface area contributed by atoms with Gasteiger partial charge in [0.25, 0.3) is 0 Å². The molecule has 0 spiro atoms. The highest BCUT2D eigenvalue weighted by molar-refractivity contribution is 5.83. The second kappa shape index (κ2) is 4.81. The summed E-state index contributed by atoms with van der Waals surface area (Å²) in [5.74, 6) is 0.714. The molecule has 0 N–H and O–H groups in total. The predicted molar refractivity (Wildman–Crippen MR) is 63.2 cm³/mol. The fraction of sp³-hybridized carbons (Fsp3) is 0.692. The van der Waals surface area contributed by atoms with E-state index in [2.05, 4.69) is 5.10 Å². The number of nitrogens with zero attached hydrogens (tertiary/aromatic N) is 2. The Morgan fingerprint density at radius 1 is 1.44 bits per heavy atom. The van der Waals surface area contributed by atoms with Crippen molar-refractivity contribution in [3.63, 3.8) is 0 Å². The van der Waals surface area contributed by atoms with Gasteiger partial charge in [-0.15, -0.1) is 0 Å². The molecule has 0 saturated heterocycles. The van der Waals surface area contributed by atoms with Gasteiger partial charge in [0.2, 0.25) is 0 Å². The summed E-state index contributed by atoms with van der Waals surface area (Å²) in [5.41, 5.74) is 2.04. The molecule has 0 aromatic carbocycles.